The Balaban J connectivity index is 2.83. The predicted octanol–water partition coefficient (Wildman–Crippen LogP) is 3.64. The van der Waals surface area contributed by atoms with Crippen LogP contribution in [0.1, 0.15) is 39.4 Å². The largest absolute Gasteiger partial charge is 0.444 e. The van der Waals surface area contributed by atoms with Crippen molar-refractivity contribution in [2.75, 3.05) is 5.32 Å². The van der Waals surface area contributed by atoms with Crippen molar-refractivity contribution in [3.63, 3.8) is 0 Å². The Kier molecular flexibility index (Phi) is 5.17. The van der Waals surface area contributed by atoms with E-state index < -0.39 is 11.7 Å². The minimum Gasteiger partial charge on any atom is -0.444 e. The first kappa shape index (κ1) is 15.8. The van der Waals surface area contributed by atoms with Crippen molar-refractivity contribution in [2.45, 2.75) is 39.4 Å². The van der Waals surface area contributed by atoms with E-state index in [0.717, 1.165) is 0 Å². The molecule has 6 heteroatoms. The number of halogens is 1. The highest BCUT2D eigenvalue weighted by molar-refractivity contribution is 6.31. The standard InChI is InChI=1S/C13H19ClN2O3/c1-8(19-15)10-7-9(5-6-11(10)14)16-12(17)18-13(2,3)4/h5-8H,15H2,1-4H3,(H,16,17). The second-order valence-electron chi connectivity index (χ2n) is 5.14. The summed E-state index contributed by atoms with van der Waals surface area (Å²) >= 11 is 6.03. The van der Waals surface area contributed by atoms with Gasteiger partial charge in [-0.1, -0.05) is 11.6 Å². The summed E-state index contributed by atoms with van der Waals surface area (Å²) in [6.07, 6.45) is -0.894. The fourth-order valence-electron chi connectivity index (χ4n) is 1.43. The highest BCUT2D eigenvalue weighted by atomic mass is 35.5. The Morgan fingerprint density at radius 1 is 1.42 bits per heavy atom. The Bertz CT molecular complexity index is 458. The molecule has 5 nitrogen and oxygen atoms in total. The summed E-state index contributed by atoms with van der Waals surface area (Å²) in [7, 11) is 0. The highest BCUT2D eigenvalue weighted by Gasteiger charge is 2.17. The number of carbonyl (C=O) groups is 1. The van der Waals surface area contributed by atoms with Gasteiger partial charge >= 0.3 is 6.09 Å². The summed E-state index contributed by atoms with van der Waals surface area (Å²) < 4.78 is 5.16. The zero-order chi connectivity index (χ0) is 14.6. The maximum Gasteiger partial charge on any atom is 0.412 e. The summed E-state index contributed by atoms with van der Waals surface area (Å²) in [6.45, 7) is 7.15. The molecule has 0 aliphatic rings. The molecule has 0 aliphatic carbocycles. The Morgan fingerprint density at radius 3 is 2.58 bits per heavy atom. The first-order valence-corrected chi connectivity index (χ1v) is 6.25. The van der Waals surface area contributed by atoms with E-state index in [0.29, 0.717) is 16.3 Å². The molecule has 1 unspecified atom stereocenters. The number of nitrogens with one attached hydrogen (secondary N) is 1. The van der Waals surface area contributed by atoms with Crippen LogP contribution in [0.3, 0.4) is 0 Å². The van der Waals surface area contributed by atoms with Gasteiger partial charge in [0, 0.05) is 16.3 Å². The second kappa shape index (κ2) is 6.23. The lowest BCUT2D eigenvalue weighted by Gasteiger charge is -2.20. The molecular formula is C13H19ClN2O3. The first-order valence-electron chi connectivity index (χ1n) is 5.88. The zero-order valence-electron chi connectivity index (χ0n) is 11.5. The van der Waals surface area contributed by atoms with E-state index in [-0.39, 0.29) is 6.10 Å². The summed E-state index contributed by atoms with van der Waals surface area (Å²) in [5, 5.41) is 3.15. The number of anilines is 1. The van der Waals surface area contributed by atoms with Gasteiger partial charge in [-0.15, -0.1) is 0 Å². The van der Waals surface area contributed by atoms with Crippen molar-refractivity contribution >= 4 is 23.4 Å². The van der Waals surface area contributed by atoms with Gasteiger partial charge in [-0.2, -0.15) is 0 Å². The summed E-state index contributed by atoms with van der Waals surface area (Å²) in [5.74, 6) is 5.14. The molecule has 1 aromatic rings. The van der Waals surface area contributed by atoms with Crippen LogP contribution in [0, 0.1) is 0 Å². The van der Waals surface area contributed by atoms with Crippen LogP contribution in [-0.2, 0) is 9.57 Å². The van der Waals surface area contributed by atoms with Crippen molar-refractivity contribution in [3.8, 4) is 0 Å². The van der Waals surface area contributed by atoms with E-state index in [9.17, 15) is 4.79 Å². The van der Waals surface area contributed by atoms with Crippen molar-refractivity contribution < 1.29 is 14.4 Å². The first-order chi connectivity index (χ1) is 8.73. The Morgan fingerprint density at radius 2 is 2.05 bits per heavy atom. The summed E-state index contributed by atoms with van der Waals surface area (Å²) in [5.41, 5.74) is 0.711. The van der Waals surface area contributed by atoms with Crippen molar-refractivity contribution in [2.24, 2.45) is 5.90 Å². The third kappa shape index (κ3) is 5.06. The highest BCUT2D eigenvalue weighted by Crippen LogP contribution is 2.27. The minimum absolute atomic E-state index is 0.368. The molecule has 1 atom stereocenters. The average Bonchev–Trinajstić information content (AvgIpc) is 2.28. The zero-order valence-corrected chi connectivity index (χ0v) is 12.2. The van der Waals surface area contributed by atoms with Crippen LogP contribution in [0.15, 0.2) is 18.2 Å². The summed E-state index contributed by atoms with van der Waals surface area (Å²) in [6, 6.07) is 5.04. The van der Waals surface area contributed by atoms with Crippen molar-refractivity contribution in [1.82, 2.24) is 0 Å². The van der Waals surface area contributed by atoms with E-state index in [1.54, 1.807) is 45.9 Å². The molecule has 0 aliphatic heterocycles. The summed E-state index contributed by atoms with van der Waals surface area (Å²) in [4.78, 5) is 16.4. The van der Waals surface area contributed by atoms with Crippen LogP contribution < -0.4 is 11.2 Å². The van der Waals surface area contributed by atoms with Gasteiger partial charge in [0.05, 0.1) is 0 Å². The smallest absolute Gasteiger partial charge is 0.412 e. The van der Waals surface area contributed by atoms with Gasteiger partial charge in [0.1, 0.15) is 11.7 Å². The lowest BCUT2D eigenvalue weighted by atomic mass is 10.1. The quantitative estimate of drug-likeness (QED) is 0.832. The fraction of sp³-hybridized carbons (Fsp3) is 0.462. The van der Waals surface area contributed by atoms with Gasteiger partial charge in [-0.05, 0) is 45.9 Å². The third-order valence-corrected chi connectivity index (χ3v) is 2.63. The maximum atomic E-state index is 11.6. The van der Waals surface area contributed by atoms with Crippen LogP contribution in [-0.4, -0.2) is 11.7 Å². The molecular weight excluding hydrogens is 268 g/mol. The third-order valence-electron chi connectivity index (χ3n) is 2.28. The molecule has 0 aromatic heterocycles. The molecule has 1 rings (SSSR count). The number of benzene rings is 1. The second-order valence-corrected chi connectivity index (χ2v) is 5.55. The van der Waals surface area contributed by atoms with Crippen LogP contribution in [0.5, 0.6) is 0 Å². The number of nitrogens with two attached hydrogens (primary N) is 1. The molecule has 0 saturated carbocycles. The average molecular weight is 287 g/mol. The maximum absolute atomic E-state index is 11.6. The lowest BCUT2D eigenvalue weighted by molar-refractivity contribution is 0.0633. The molecule has 0 heterocycles. The van der Waals surface area contributed by atoms with E-state index >= 15 is 0 Å². The van der Waals surface area contributed by atoms with Gasteiger partial charge < -0.3 is 4.74 Å². The molecule has 0 spiro atoms. The van der Waals surface area contributed by atoms with Gasteiger partial charge in [-0.3, -0.25) is 10.2 Å². The lowest BCUT2D eigenvalue weighted by Crippen LogP contribution is -2.27. The topological polar surface area (TPSA) is 73.6 Å². The molecule has 106 valence electrons. The monoisotopic (exact) mass is 286 g/mol. The molecule has 0 saturated heterocycles. The van der Waals surface area contributed by atoms with E-state index in [4.69, 9.17) is 27.1 Å². The molecule has 0 radical (unpaired) electrons. The van der Waals surface area contributed by atoms with Crippen molar-refractivity contribution in [3.05, 3.63) is 28.8 Å². The number of hydrogen-bond donors (Lipinski definition) is 2. The molecule has 1 aromatic carbocycles. The number of amides is 1. The number of rotatable bonds is 3. The number of carbonyl (C=O) groups excluding carboxylic acids is 1. The van der Waals surface area contributed by atoms with Gasteiger partial charge in [0.2, 0.25) is 0 Å². The van der Waals surface area contributed by atoms with Crippen molar-refractivity contribution in [1.29, 1.82) is 0 Å². The minimum atomic E-state index is -0.549. The SMILES string of the molecule is CC(ON)c1cc(NC(=O)OC(C)(C)C)ccc1Cl. The van der Waals surface area contributed by atoms with Crippen LogP contribution >= 0.6 is 11.6 Å². The normalized spacial score (nSPS) is 12.9. The molecule has 0 fully saturated rings. The number of hydrogen-bond acceptors (Lipinski definition) is 4. The van der Waals surface area contributed by atoms with Crippen LogP contribution in [0.25, 0.3) is 0 Å². The van der Waals surface area contributed by atoms with Gasteiger partial charge in [-0.25, -0.2) is 10.7 Å². The van der Waals surface area contributed by atoms with Crippen LogP contribution in [0.2, 0.25) is 5.02 Å². The molecule has 1 amide bonds. The number of ether oxygens (including phenoxy) is 1. The molecule has 3 N–H and O–H groups in total. The predicted molar refractivity (Wildman–Crippen MR) is 75.0 cm³/mol. The Hall–Kier alpha value is -1.30. The fourth-order valence-corrected chi connectivity index (χ4v) is 1.70. The molecule has 19 heavy (non-hydrogen) atoms. The Labute approximate surface area is 118 Å². The van der Waals surface area contributed by atoms with E-state index in [1.807, 2.05) is 0 Å². The van der Waals surface area contributed by atoms with E-state index in [1.165, 1.54) is 0 Å². The molecule has 0 bridgehead atoms. The van der Waals surface area contributed by atoms with Gasteiger partial charge in [0.25, 0.3) is 0 Å². The van der Waals surface area contributed by atoms with E-state index in [2.05, 4.69) is 5.32 Å². The van der Waals surface area contributed by atoms with Crippen LogP contribution in [0.4, 0.5) is 10.5 Å². The van der Waals surface area contributed by atoms with Gasteiger partial charge in [0.15, 0.2) is 0 Å².